The van der Waals surface area contributed by atoms with E-state index in [1.165, 1.54) is 4.68 Å². The summed E-state index contributed by atoms with van der Waals surface area (Å²) in [6.45, 7) is 3.03. The van der Waals surface area contributed by atoms with Crippen LogP contribution in [0.1, 0.15) is 11.4 Å². The van der Waals surface area contributed by atoms with E-state index in [1.807, 2.05) is 42.5 Å². The highest BCUT2D eigenvalue weighted by Gasteiger charge is 2.22. The Kier molecular flexibility index (Phi) is 4.81. The zero-order valence-electron chi connectivity index (χ0n) is 15.7. The van der Waals surface area contributed by atoms with Gasteiger partial charge >= 0.3 is 5.69 Å². The number of anilines is 1. The maximum Gasteiger partial charge on any atom is 0.312 e. The highest BCUT2D eigenvalue weighted by atomic mass is 32.1. The Bertz CT molecular complexity index is 1210. The van der Waals surface area contributed by atoms with E-state index in [9.17, 15) is 14.9 Å². The van der Waals surface area contributed by atoms with Crippen molar-refractivity contribution >= 4 is 38.8 Å². The van der Waals surface area contributed by atoms with E-state index >= 15 is 0 Å². The molecule has 0 atom stereocenters. The fraction of sp³-hybridized carbons (Fsp3) is 0.150. The number of amides is 1. The molecule has 4 aromatic rings. The third kappa shape index (κ3) is 3.72. The van der Waals surface area contributed by atoms with Crippen LogP contribution in [0, 0.1) is 24.0 Å². The summed E-state index contributed by atoms with van der Waals surface area (Å²) in [7, 11) is 0. The fourth-order valence-electron chi connectivity index (χ4n) is 3.17. The molecule has 0 aliphatic heterocycles. The molecular weight excluding hydrogens is 390 g/mol. The molecule has 0 unspecified atom stereocenters. The Morgan fingerprint density at radius 2 is 2.00 bits per heavy atom. The van der Waals surface area contributed by atoms with Crippen LogP contribution in [-0.4, -0.2) is 25.6 Å². The van der Waals surface area contributed by atoms with E-state index in [0.717, 1.165) is 20.8 Å². The highest BCUT2D eigenvalue weighted by molar-refractivity contribution is 7.21. The van der Waals surface area contributed by atoms with Gasteiger partial charge in [-0.3, -0.25) is 19.6 Å². The number of aromatic nitrogens is 3. The van der Waals surface area contributed by atoms with Crippen LogP contribution in [0.5, 0.6) is 0 Å². The number of hydrogen-bond donors (Lipinski definition) is 1. The summed E-state index contributed by atoms with van der Waals surface area (Å²) >= 11 is 1.59. The van der Waals surface area contributed by atoms with Crippen molar-refractivity contribution in [2.45, 2.75) is 20.4 Å². The third-order valence-electron chi connectivity index (χ3n) is 4.51. The number of nitrogens with zero attached hydrogens (tertiary/aromatic N) is 4. The molecule has 9 heteroatoms. The van der Waals surface area contributed by atoms with E-state index in [1.54, 1.807) is 31.3 Å². The first-order valence-corrected chi connectivity index (χ1v) is 9.68. The molecule has 0 radical (unpaired) electrons. The zero-order valence-corrected chi connectivity index (χ0v) is 16.6. The first-order chi connectivity index (χ1) is 13.9. The number of nitrogens with one attached hydrogen (secondary N) is 1. The van der Waals surface area contributed by atoms with Gasteiger partial charge in [-0.15, -0.1) is 11.3 Å². The minimum Gasteiger partial charge on any atom is -0.324 e. The number of benzene rings is 2. The fourth-order valence-corrected chi connectivity index (χ4v) is 4.13. The molecule has 4 rings (SSSR count). The van der Waals surface area contributed by atoms with Crippen molar-refractivity contribution in [2.24, 2.45) is 0 Å². The van der Waals surface area contributed by atoms with Gasteiger partial charge < -0.3 is 5.32 Å². The predicted octanol–water partition coefficient (Wildman–Crippen LogP) is 4.32. The quantitative estimate of drug-likeness (QED) is 0.392. The van der Waals surface area contributed by atoms with Crippen molar-refractivity contribution in [2.75, 3.05) is 5.32 Å². The van der Waals surface area contributed by atoms with Crippen LogP contribution in [0.25, 0.3) is 20.8 Å². The summed E-state index contributed by atoms with van der Waals surface area (Å²) in [5.41, 5.74) is 3.06. The Labute approximate surface area is 170 Å². The Hall–Kier alpha value is -3.59. The summed E-state index contributed by atoms with van der Waals surface area (Å²) in [6.07, 6.45) is 0. The van der Waals surface area contributed by atoms with Crippen LogP contribution in [0.3, 0.4) is 0 Å². The van der Waals surface area contributed by atoms with Crippen molar-refractivity contribution in [3.05, 3.63) is 70.0 Å². The van der Waals surface area contributed by atoms with Crippen LogP contribution in [-0.2, 0) is 11.3 Å². The number of aryl methyl sites for hydroxylation is 1. The minimum absolute atomic E-state index is 0.0596. The first kappa shape index (κ1) is 18.8. The molecule has 0 aliphatic rings. The topological polar surface area (TPSA) is 103 Å². The summed E-state index contributed by atoms with van der Waals surface area (Å²) in [6, 6.07) is 15.4. The van der Waals surface area contributed by atoms with E-state index in [4.69, 9.17) is 0 Å². The lowest BCUT2D eigenvalue weighted by Gasteiger charge is -2.07. The number of hydrogen-bond acceptors (Lipinski definition) is 6. The molecule has 1 amide bonds. The molecule has 0 aliphatic carbocycles. The Morgan fingerprint density at radius 3 is 2.72 bits per heavy atom. The van der Waals surface area contributed by atoms with Gasteiger partial charge in [-0.05, 0) is 38.1 Å². The summed E-state index contributed by atoms with van der Waals surface area (Å²) in [5, 5.41) is 18.9. The van der Waals surface area contributed by atoms with Crippen molar-refractivity contribution in [3.8, 4) is 10.6 Å². The van der Waals surface area contributed by atoms with E-state index < -0.39 is 4.92 Å². The molecule has 2 heterocycles. The number of para-hydroxylation sites is 1. The van der Waals surface area contributed by atoms with Gasteiger partial charge in [0.05, 0.1) is 15.1 Å². The molecule has 8 nitrogen and oxygen atoms in total. The molecule has 0 spiro atoms. The Balaban J connectivity index is 1.53. The average Bonchev–Trinajstić information content (AvgIpc) is 3.22. The van der Waals surface area contributed by atoms with E-state index in [0.29, 0.717) is 11.4 Å². The Morgan fingerprint density at radius 1 is 1.21 bits per heavy atom. The third-order valence-corrected chi connectivity index (χ3v) is 5.59. The van der Waals surface area contributed by atoms with E-state index in [-0.39, 0.29) is 23.8 Å². The van der Waals surface area contributed by atoms with Gasteiger partial charge in [0.15, 0.2) is 0 Å². The molecule has 29 heavy (non-hydrogen) atoms. The predicted molar refractivity (Wildman–Crippen MR) is 112 cm³/mol. The van der Waals surface area contributed by atoms with Crippen molar-refractivity contribution in [1.82, 2.24) is 14.8 Å². The van der Waals surface area contributed by atoms with Crippen molar-refractivity contribution < 1.29 is 9.72 Å². The summed E-state index contributed by atoms with van der Waals surface area (Å²) < 4.78 is 2.45. The number of carbonyl (C=O) groups excluding carboxylic acids is 1. The lowest BCUT2D eigenvalue weighted by Crippen LogP contribution is -2.20. The van der Waals surface area contributed by atoms with Crippen molar-refractivity contribution in [3.63, 3.8) is 0 Å². The lowest BCUT2D eigenvalue weighted by atomic mass is 10.2. The second kappa shape index (κ2) is 7.44. The van der Waals surface area contributed by atoms with Crippen LogP contribution < -0.4 is 5.32 Å². The van der Waals surface area contributed by atoms with Gasteiger partial charge in [-0.2, -0.15) is 5.10 Å². The van der Waals surface area contributed by atoms with Gasteiger partial charge in [-0.1, -0.05) is 24.3 Å². The van der Waals surface area contributed by atoms with Gasteiger partial charge in [-0.25, -0.2) is 4.98 Å². The second-order valence-corrected chi connectivity index (χ2v) is 7.58. The zero-order chi connectivity index (χ0) is 20.5. The lowest BCUT2D eigenvalue weighted by molar-refractivity contribution is -0.386. The second-order valence-electron chi connectivity index (χ2n) is 6.55. The standard InChI is InChI=1S/C20H17N5O3S/c1-12-19(25(27)28)13(2)24(23-12)11-18(26)21-15-7-5-6-14(10-15)20-22-16-8-3-4-9-17(16)29-20/h3-10H,11H2,1-2H3,(H,21,26). The van der Waals surface area contributed by atoms with Gasteiger partial charge in [0.2, 0.25) is 5.91 Å². The smallest absolute Gasteiger partial charge is 0.312 e. The SMILES string of the molecule is Cc1nn(CC(=O)Nc2cccc(-c3nc4ccccc4s3)c2)c(C)c1[N+](=O)[O-]. The largest absolute Gasteiger partial charge is 0.324 e. The average molecular weight is 407 g/mol. The number of nitro groups is 1. The van der Waals surface area contributed by atoms with Crippen LogP contribution in [0.15, 0.2) is 48.5 Å². The molecule has 0 bridgehead atoms. The highest BCUT2D eigenvalue weighted by Crippen LogP contribution is 2.31. The molecule has 2 aromatic heterocycles. The molecule has 0 fully saturated rings. The van der Waals surface area contributed by atoms with Crippen LogP contribution >= 0.6 is 11.3 Å². The van der Waals surface area contributed by atoms with Gasteiger partial charge in [0.25, 0.3) is 0 Å². The van der Waals surface area contributed by atoms with Crippen LogP contribution in [0.2, 0.25) is 0 Å². The summed E-state index contributed by atoms with van der Waals surface area (Å²) in [4.78, 5) is 27.7. The molecule has 1 N–H and O–H groups in total. The van der Waals surface area contributed by atoms with Crippen molar-refractivity contribution in [1.29, 1.82) is 0 Å². The monoisotopic (exact) mass is 407 g/mol. The maximum absolute atomic E-state index is 12.5. The normalized spacial score (nSPS) is 11.0. The number of fused-ring (bicyclic) bond motifs is 1. The molecule has 146 valence electrons. The van der Waals surface area contributed by atoms with Crippen LogP contribution in [0.4, 0.5) is 11.4 Å². The van der Waals surface area contributed by atoms with Gasteiger partial charge in [0.1, 0.15) is 22.9 Å². The first-order valence-electron chi connectivity index (χ1n) is 8.86. The minimum atomic E-state index is -0.479. The number of thiazole rings is 1. The molecule has 0 saturated carbocycles. The maximum atomic E-state index is 12.5. The van der Waals surface area contributed by atoms with Gasteiger partial charge in [0, 0.05) is 11.3 Å². The van der Waals surface area contributed by atoms with E-state index in [2.05, 4.69) is 15.4 Å². The molecule has 0 saturated heterocycles. The summed E-state index contributed by atoms with van der Waals surface area (Å²) in [5.74, 6) is -0.313. The number of carbonyl (C=O) groups is 1. The number of rotatable bonds is 5. The molecular formula is C20H17N5O3S. The molecule has 2 aromatic carbocycles.